The maximum Gasteiger partial charge on any atom is 0.0666 e. The van der Waals surface area contributed by atoms with Gasteiger partial charge in [0, 0.05) is 5.92 Å². The zero-order valence-corrected chi connectivity index (χ0v) is 26.3. The molecule has 0 aromatic rings. The third kappa shape index (κ3) is 5.61. The Morgan fingerprint density at radius 3 is 1.49 bits per heavy atom. The zero-order valence-electron chi connectivity index (χ0n) is 26.3. The molecule has 0 spiro atoms. The lowest BCUT2D eigenvalue weighted by Gasteiger charge is -2.52. The van der Waals surface area contributed by atoms with E-state index in [4.69, 9.17) is 4.74 Å². The summed E-state index contributed by atoms with van der Waals surface area (Å²) in [5, 5.41) is 12.7. The number of fused-ring (bicyclic) bond motifs is 5. The maximum atomic E-state index is 7.47. The molecule has 3 N–H and O–H groups in total. The third-order valence-electron chi connectivity index (χ3n) is 14.6. The Labute approximate surface area is 252 Å². The predicted molar refractivity (Wildman–Crippen MR) is 167 cm³/mol. The van der Waals surface area contributed by atoms with Gasteiger partial charge in [-0.2, -0.15) is 0 Å². The fraction of sp³-hybridized carbons (Fsp3) is 1.00. The molecule has 2 aliphatic heterocycles. The summed E-state index contributed by atoms with van der Waals surface area (Å²) >= 11 is 0. The zero-order chi connectivity index (χ0) is 27.2. The van der Waals surface area contributed by atoms with Gasteiger partial charge in [-0.05, 0) is 105 Å². The van der Waals surface area contributed by atoms with Crippen LogP contribution in [0.15, 0.2) is 0 Å². The van der Waals surface area contributed by atoms with Gasteiger partial charge in [-0.3, -0.25) is 16.0 Å². The Morgan fingerprint density at radius 1 is 0.366 bits per heavy atom. The van der Waals surface area contributed by atoms with Gasteiger partial charge in [0.2, 0.25) is 0 Å². The summed E-state index contributed by atoms with van der Waals surface area (Å²) in [7, 11) is 0. The summed E-state index contributed by atoms with van der Waals surface area (Å²) in [6, 6.07) is 0. The summed E-state index contributed by atoms with van der Waals surface area (Å²) in [6.07, 6.45) is 36.0. The first-order valence-electron chi connectivity index (χ1n) is 19.3. The van der Waals surface area contributed by atoms with E-state index in [2.05, 4.69) is 16.0 Å². The van der Waals surface area contributed by atoms with Crippen molar-refractivity contribution in [1.82, 2.24) is 16.0 Å². The van der Waals surface area contributed by atoms with Crippen molar-refractivity contribution in [3.63, 3.8) is 0 Å². The van der Waals surface area contributed by atoms with Crippen LogP contribution >= 0.6 is 0 Å². The van der Waals surface area contributed by atoms with Gasteiger partial charge in [0.25, 0.3) is 0 Å². The first kappa shape index (κ1) is 28.3. The van der Waals surface area contributed by atoms with E-state index in [-0.39, 0.29) is 0 Å². The highest BCUT2D eigenvalue weighted by Crippen LogP contribution is 2.60. The average molecular weight is 566 g/mol. The molecule has 2 saturated heterocycles. The van der Waals surface area contributed by atoms with Crippen molar-refractivity contribution in [2.45, 2.75) is 178 Å². The number of rotatable bonds is 4. The number of hydrogen-bond donors (Lipinski definition) is 3. The lowest BCUT2D eigenvalue weighted by molar-refractivity contribution is -0.0819. The molecule has 4 heteroatoms. The van der Waals surface area contributed by atoms with E-state index >= 15 is 0 Å². The fourth-order valence-corrected chi connectivity index (χ4v) is 12.8. The van der Waals surface area contributed by atoms with Crippen LogP contribution in [0, 0.1) is 53.3 Å². The summed E-state index contributed by atoms with van der Waals surface area (Å²) < 4.78 is 7.47. The molecule has 10 unspecified atom stereocenters. The number of hydrogen-bond acceptors (Lipinski definition) is 4. The van der Waals surface area contributed by atoms with Crippen LogP contribution in [-0.4, -0.2) is 30.7 Å². The minimum absolute atomic E-state index is 0.430. The van der Waals surface area contributed by atoms with Gasteiger partial charge in [-0.15, -0.1) is 0 Å². The van der Waals surface area contributed by atoms with E-state index in [0.717, 1.165) is 47.3 Å². The molecule has 0 aromatic carbocycles. The summed E-state index contributed by atoms with van der Waals surface area (Å²) in [6.45, 7) is 0. The highest BCUT2D eigenvalue weighted by molar-refractivity contribution is 5.07. The van der Waals surface area contributed by atoms with Crippen molar-refractivity contribution in [2.75, 3.05) is 0 Å². The minimum atomic E-state index is 0.430. The van der Waals surface area contributed by atoms with Gasteiger partial charge in [-0.1, -0.05) is 89.9 Å². The van der Waals surface area contributed by atoms with Crippen molar-refractivity contribution in [3.05, 3.63) is 0 Å². The second-order valence-corrected chi connectivity index (χ2v) is 16.6. The Hall–Kier alpha value is -0.160. The molecule has 2 heterocycles. The van der Waals surface area contributed by atoms with Crippen LogP contribution < -0.4 is 16.0 Å². The number of nitrogens with one attached hydrogen (secondary N) is 3. The van der Waals surface area contributed by atoms with E-state index in [9.17, 15) is 0 Å². The van der Waals surface area contributed by atoms with Crippen LogP contribution in [0.3, 0.4) is 0 Å². The number of ether oxygens (including phenoxy) is 1. The first-order chi connectivity index (χ1) is 20.3. The third-order valence-corrected chi connectivity index (χ3v) is 14.6. The Balaban J connectivity index is 1.03. The molecule has 8 fully saturated rings. The summed E-state index contributed by atoms with van der Waals surface area (Å²) in [4.78, 5) is 0. The SMILES string of the molecule is C1CCC(C2NC(C3CCCCC3)NC(C3CCCC4C3OC3CC(C5CCCCC5)C5CCCCC5C34)N2)CC1. The van der Waals surface area contributed by atoms with Crippen LogP contribution in [0.2, 0.25) is 0 Å². The fourth-order valence-electron chi connectivity index (χ4n) is 12.8. The van der Waals surface area contributed by atoms with Crippen LogP contribution in [0.1, 0.15) is 148 Å². The smallest absolute Gasteiger partial charge is 0.0666 e. The second-order valence-electron chi connectivity index (χ2n) is 16.6. The Kier molecular flexibility index (Phi) is 8.76. The lowest BCUT2D eigenvalue weighted by Crippen LogP contribution is -2.73. The molecule has 0 aromatic heterocycles. The van der Waals surface area contributed by atoms with Gasteiger partial charge in [0.05, 0.1) is 30.7 Å². The van der Waals surface area contributed by atoms with E-state index < -0.39 is 0 Å². The molecule has 0 radical (unpaired) electrons. The molecular weight excluding hydrogens is 502 g/mol. The predicted octanol–water partition coefficient (Wildman–Crippen LogP) is 8.11. The molecule has 4 nitrogen and oxygen atoms in total. The molecule has 8 aliphatic rings. The second kappa shape index (κ2) is 12.7. The van der Waals surface area contributed by atoms with Crippen molar-refractivity contribution in [2.24, 2.45) is 53.3 Å². The van der Waals surface area contributed by atoms with Crippen molar-refractivity contribution >= 4 is 0 Å². The lowest BCUT2D eigenvalue weighted by atomic mass is 9.53. The monoisotopic (exact) mass is 565 g/mol. The van der Waals surface area contributed by atoms with Gasteiger partial charge in [0.15, 0.2) is 0 Å². The first-order valence-corrected chi connectivity index (χ1v) is 19.3. The van der Waals surface area contributed by atoms with Crippen LogP contribution in [0.25, 0.3) is 0 Å². The van der Waals surface area contributed by atoms with Crippen LogP contribution in [0.5, 0.6) is 0 Å². The minimum Gasteiger partial charge on any atom is -0.374 e. The molecule has 6 aliphatic carbocycles. The van der Waals surface area contributed by atoms with Crippen molar-refractivity contribution < 1.29 is 4.74 Å². The van der Waals surface area contributed by atoms with Crippen LogP contribution in [-0.2, 0) is 4.74 Å². The molecule has 232 valence electrons. The normalized spacial score (nSPS) is 48.7. The van der Waals surface area contributed by atoms with E-state index in [1.165, 1.54) is 141 Å². The molecule has 6 saturated carbocycles. The maximum absolute atomic E-state index is 7.47. The molecule has 41 heavy (non-hydrogen) atoms. The molecule has 10 atom stereocenters. The van der Waals surface area contributed by atoms with Gasteiger partial charge < -0.3 is 4.74 Å². The van der Waals surface area contributed by atoms with Gasteiger partial charge in [0.1, 0.15) is 0 Å². The quantitative estimate of drug-likeness (QED) is 0.322. The summed E-state index contributed by atoms with van der Waals surface area (Å²) in [5.74, 6) is 7.96. The molecule has 0 bridgehead atoms. The molecule has 8 rings (SSSR count). The topological polar surface area (TPSA) is 45.3 Å². The molecule has 0 amide bonds. The standard InChI is InChI=1S/C37H63N3O/c1-4-13-24(14-5-1)31-23-32-33(28-20-11-10-19-27(28)31)29-21-12-22-30(34(29)41-32)37-39-35(25-15-6-2-7-16-25)38-36(40-37)26-17-8-3-9-18-26/h24-40H,1-23H2. The van der Waals surface area contributed by atoms with Gasteiger partial charge >= 0.3 is 0 Å². The van der Waals surface area contributed by atoms with Crippen molar-refractivity contribution in [3.8, 4) is 0 Å². The largest absolute Gasteiger partial charge is 0.374 e. The van der Waals surface area contributed by atoms with Crippen LogP contribution in [0.4, 0.5) is 0 Å². The van der Waals surface area contributed by atoms with E-state index in [1.807, 2.05) is 0 Å². The summed E-state index contributed by atoms with van der Waals surface area (Å²) in [5.41, 5.74) is 0. The highest BCUT2D eigenvalue weighted by Gasteiger charge is 2.59. The molecular formula is C37H63N3O. The van der Waals surface area contributed by atoms with E-state index in [1.54, 1.807) is 6.42 Å². The van der Waals surface area contributed by atoms with Gasteiger partial charge in [-0.25, -0.2) is 0 Å². The highest BCUT2D eigenvalue weighted by atomic mass is 16.5. The van der Waals surface area contributed by atoms with Crippen molar-refractivity contribution in [1.29, 1.82) is 0 Å². The average Bonchev–Trinajstić information content (AvgIpc) is 3.44. The van der Waals surface area contributed by atoms with E-state index in [0.29, 0.717) is 36.6 Å². The Morgan fingerprint density at radius 2 is 0.854 bits per heavy atom. The Bertz CT molecular complexity index is 821.